The molecular weight excluding hydrogens is 286 g/mol. The number of rotatable bonds is 3. The zero-order valence-electron chi connectivity index (χ0n) is 10.7. The van der Waals surface area contributed by atoms with E-state index in [9.17, 15) is 9.59 Å². The van der Waals surface area contributed by atoms with Crippen LogP contribution in [0.4, 0.5) is 0 Å². The highest BCUT2D eigenvalue weighted by molar-refractivity contribution is 7.12. The molecule has 5 nitrogen and oxygen atoms in total. The van der Waals surface area contributed by atoms with Gasteiger partial charge in [-0.25, -0.2) is 0 Å². The molecule has 0 aromatic carbocycles. The molecule has 1 atom stereocenters. The quantitative estimate of drug-likeness (QED) is 0.898. The van der Waals surface area contributed by atoms with Gasteiger partial charge < -0.3 is 15.5 Å². The number of hydrogen-bond acceptors (Lipinski definition) is 4. The molecule has 1 aromatic rings. The Hall–Kier alpha value is -1.11. The Morgan fingerprint density at radius 3 is 2.84 bits per heavy atom. The highest BCUT2D eigenvalue weighted by Gasteiger charge is 2.25. The van der Waals surface area contributed by atoms with Crippen LogP contribution in [0.1, 0.15) is 16.1 Å². The van der Waals surface area contributed by atoms with Crippen molar-refractivity contribution in [3.05, 3.63) is 22.4 Å². The Morgan fingerprint density at radius 1 is 1.58 bits per heavy atom. The maximum Gasteiger partial charge on any atom is 0.264 e. The smallest absolute Gasteiger partial charge is 0.264 e. The molecule has 19 heavy (non-hydrogen) atoms. The van der Waals surface area contributed by atoms with Crippen molar-refractivity contribution in [1.82, 2.24) is 9.80 Å². The minimum absolute atomic E-state index is 0. The lowest BCUT2D eigenvalue weighted by Gasteiger charge is -2.21. The van der Waals surface area contributed by atoms with E-state index in [4.69, 9.17) is 5.73 Å². The molecule has 0 saturated carbocycles. The van der Waals surface area contributed by atoms with Crippen molar-refractivity contribution in [3.63, 3.8) is 0 Å². The highest BCUT2D eigenvalue weighted by Crippen LogP contribution is 2.12. The lowest BCUT2D eigenvalue weighted by molar-refractivity contribution is -0.130. The number of likely N-dealkylation sites (N-methyl/N-ethyl adjacent to an activating group) is 1. The van der Waals surface area contributed by atoms with E-state index in [0.29, 0.717) is 18.0 Å². The van der Waals surface area contributed by atoms with Crippen molar-refractivity contribution in [2.45, 2.75) is 12.5 Å². The van der Waals surface area contributed by atoms with E-state index in [1.165, 1.54) is 16.2 Å². The molecule has 2 N–H and O–H groups in total. The first-order valence-corrected chi connectivity index (χ1v) is 6.78. The second-order valence-electron chi connectivity index (χ2n) is 4.53. The molecule has 1 aromatic heterocycles. The van der Waals surface area contributed by atoms with Crippen molar-refractivity contribution in [2.75, 3.05) is 26.7 Å². The van der Waals surface area contributed by atoms with Crippen molar-refractivity contribution < 1.29 is 9.59 Å². The lowest BCUT2D eigenvalue weighted by Crippen LogP contribution is -2.40. The molecule has 0 aliphatic carbocycles. The van der Waals surface area contributed by atoms with Gasteiger partial charge in [-0.05, 0) is 17.9 Å². The fraction of sp³-hybridized carbons (Fsp3) is 0.500. The predicted octanol–water partition coefficient (Wildman–Crippen LogP) is 0.802. The number of carbonyl (C=O) groups excluding carboxylic acids is 2. The van der Waals surface area contributed by atoms with Gasteiger partial charge in [-0.1, -0.05) is 6.07 Å². The standard InChI is InChI=1S/C12H17N3O2S.ClH/c1-14(12(17)10-3-2-6-18-10)8-11(16)15-5-4-9(13)7-15;/h2-3,6,9H,4-5,7-8,13H2,1H3;1H/t9-;/m1./s1. The number of likely N-dealkylation sites (tertiary alicyclic amines) is 1. The van der Waals surface area contributed by atoms with Gasteiger partial charge in [0.05, 0.1) is 11.4 Å². The minimum Gasteiger partial charge on any atom is -0.340 e. The lowest BCUT2D eigenvalue weighted by atomic mass is 10.3. The van der Waals surface area contributed by atoms with Crippen LogP contribution in [0.3, 0.4) is 0 Å². The maximum absolute atomic E-state index is 12.0. The van der Waals surface area contributed by atoms with Gasteiger partial charge in [-0.15, -0.1) is 23.7 Å². The van der Waals surface area contributed by atoms with Crippen LogP contribution in [0.15, 0.2) is 17.5 Å². The number of carbonyl (C=O) groups is 2. The predicted molar refractivity (Wildman–Crippen MR) is 77.7 cm³/mol. The fourth-order valence-corrected chi connectivity index (χ4v) is 2.69. The van der Waals surface area contributed by atoms with Crippen LogP contribution in [0.25, 0.3) is 0 Å². The maximum atomic E-state index is 12.0. The monoisotopic (exact) mass is 303 g/mol. The van der Waals surface area contributed by atoms with Crippen LogP contribution < -0.4 is 5.73 Å². The normalized spacial score (nSPS) is 18.0. The molecule has 0 bridgehead atoms. The summed E-state index contributed by atoms with van der Waals surface area (Å²) in [6, 6.07) is 3.67. The molecular formula is C12H18ClN3O2S. The van der Waals surface area contributed by atoms with Gasteiger partial charge in [-0.3, -0.25) is 9.59 Å². The SMILES string of the molecule is CN(CC(=O)N1CC[C@@H](N)C1)C(=O)c1cccs1.Cl. The third-order valence-electron chi connectivity index (χ3n) is 3.03. The molecule has 0 radical (unpaired) electrons. The van der Waals surface area contributed by atoms with E-state index in [1.807, 2.05) is 11.4 Å². The molecule has 1 fully saturated rings. The highest BCUT2D eigenvalue weighted by atomic mass is 35.5. The van der Waals surface area contributed by atoms with Gasteiger partial charge in [-0.2, -0.15) is 0 Å². The molecule has 2 heterocycles. The van der Waals surface area contributed by atoms with Crippen molar-refractivity contribution in [2.24, 2.45) is 5.73 Å². The third kappa shape index (κ3) is 3.92. The van der Waals surface area contributed by atoms with E-state index in [-0.39, 0.29) is 36.8 Å². The zero-order valence-corrected chi connectivity index (χ0v) is 12.4. The Kier molecular flexibility index (Phi) is 5.78. The topological polar surface area (TPSA) is 66.6 Å². The number of halogens is 1. The summed E-state index contributed by atoms with van der Waals surface area (Å²) in [6.45, 7) is 1.41. The Bertz CT molecular complexity index is 438. The summed E-state index contributed by atoms with van der Waals surface area (Å²) in [5.74, 6) is -0.141. The Morgan fingerprint density at radius 2 is 2.32 bits per heavy atom. The van der Waals surface area contributed by atoms with Gasteiger partial charge in [0.25, 0.3) is 5.91 Å². The third-order valence-corrected chi connectivity index (χ3v) is 3.89. The molecule has 2 amide bonds. The van der Waals surface area contributed by atoms with Crippen LogP contribution in [-0.4, -0.2) is 54.3 Å². The summed E-state index contributed by atoms with van der Waals surface area (Å²) >= 11 is 1.38. The van der Waals surface area contributed by atoms with Crippen LogP contribution in [0, 0.1) is 0 Å². The average Bonchev–Trinajstić information content (AvgIpc) is 2.98. The first kappa shape index (κ1) is 15.9. The molecule has 2 rings (SSSR count). The summed E-state index contributed by atoms with van der Waals surface area (Å²) in [7, 11) is 1.65. The van der Waals surface area contributed by atoms with Crippen LogP contribution in [-0.2, 0) is 4.79 Å². The van der Waals surface area contributed by atoms with Crippen molar-refractivity contribution >= 4 is 35.6 Å². The minimum atomic E-state index is -0.109. The van der Waals surface area contributed by atoms with Crippen LogP contribution >= 0.6 is 23.7 Å². The van der Waals surface area contributed by atoms with Gasteiger partial charge in [0, 0.05) is 26.2 Å². The summed E-state index contributed by atoms with van der Waals surface area (Å²) in [5, 5.41) is 1.85. The van der Waals surface area contributed by atoms with Crippen LogP contribution in [0.2, 0.25) is 0 Å². The van der Waals surface area contributed by atoms with E-state index in [0.717, 1.165) is 6.42 Å². The number of nitrogens with two attached hydrogens (primary N) is 1. The Balaban J connectivity index is 0.00000180. The van der Waals surface area contributed by atoms with E-state index in [1.54, 1.807) is 18.0 Å². The summed E-state index contributed by atoms with van der Waals surface area (Å²) in [6.07, 6.45) is 0.842. The largest absolute Gasteiger partial charge is 0.340 e. The first-order valence-electron chi connectivity index (χ1n) is 5.90. The summed E-state index contributed by atoms with van der Waals surface area (Å²) < 4.78 is 0. The number of hydrogen-bond donors (Lipinski definition) is 1. The molecule has 1 aliphatic heterocycles. The molecule has 0 unspecified atom stereocenters. The number of amides is 2. The first-order chi connectivity index (χ1) is 8.58. The molecule has 1 aliphatic rings. The van der Waals surface area contributed by atoms with E-state index < -0.39 is 0 Å². The average molecular weight is 304 g/mol. The molecule has 106 valence electrons. The number of nitrogens with zero attached hydrogens (tertiary/aromatic N) is 2. The molecule has 1 saturated heterocycles. The Labute approximate surface area is 122 Å². The van der Waals surface area contributed by atoms with Gasteiger partial charge in [0.2, 0.25) is 5.91 Å². The van der Waals surface area contributed by atoms with E-state index >= 15 is 0 Å². The van der Waals surface area contributed by atoms with Gasteiger partial charge in [0.15, 0.2) is 0 Å². The van der Waals surface area contributed by atoms with E-state index in [2.05, 4.69) is 0 Å². The second kappa shape index (κ2) is 6.88. The fourth-order valence-electron chi connectivity index (χ4n) is 1.98. The van der Waals surface area contributed by atoms with Crippen molar-refractivity contribution in [3.8, 4) is 0 Å². The number of thiophene rings is 1. The molecule has 7 heteroatoms. The van der Waals surface area contributed by atoms with Gasteiger partial charge in [0.1, 0.15) is 0 Å². The molecule has 0 spiro atoms. The van der Waals surface area contributed by atoms with Crippen LogP contribution in [0.5, 0.6) is 0 Å². The summed E-state index contributed by atoms with van der Waals surface area (Å²) in [4.78, 5) is 27.8. The summed E-state index contributed by atoms with van der Waals surface area (Å²) in [5.41, 5.74) is 5.76. The van der Waals surface area contributed by atoms with Gasteiger partial charge >= 0.3 is 0 Å². The second-order valence-corrected chi connectivity index (χ2v) is 5.47. The zero-order chi connectivity index (χ0) is 13.1. The van der Waals surface area contributed by atoms with Crippen molar-refractivity contribution in [1.29, 1.82) is 0 Å².